The van der Waals surface area contributed by atoms with Gasteiger partial charge in [0.15, 0.2) is 22.5 Å². The van der Waals surface area contributed by atoms with E-state index in [0.717, 1.165) is 10.7 Å². The van der Waals surface area contributed by atoms with Crippen LogP contribution in [-0.4, -0.2) is 38.9 Å². The standard InChI is InChI=1S/C20H14Cl3F2N5O4/c1-8(2)27-19(32)14-15(10(22)6-12-16(14)34-20(24,25)33-12)28-18(31)11-7-13(23)29-30(11)17-9(21)4-3-5-26-17/h3-8H,1-2H3,(H,27,32)(H,28,31). The maximum atomic E-state index is 13.8. The van der Waals surface area contributed by atoms with Crippen LogP contribution in [0, 0.1) is 0 Å². The number of aromatic nitrogens is 3. The number of benzene rings is 1. The number of alkyl halides is 2. The summed E-state index contributed by atoms with van der Waals surface area (Å²) in [6, 6.07) is 4.97. The Morgan fingerprint density at radius 1 is 1.12 bits per heavy atom. The highest BCUT2D eigenvalue weighted by Crippen LogP contribution is 2.49. The Morgan fingerprint density at radius 2 is 1.85 bits per heavy atom. The quantitative estimate of drug-likeness (QED) is 0.482. The largest absolute Gasteiger partial charge is 0.586 e. The first kappa shape index (κ1) is 24.0. The highest BCUT2D eigenvalue weighted by molar-refractivity contribution is 6.36. The molecule has 0 radical (unpaired) electrons. The predicted octanol–water partition coefficient (Wildman–Crippen LogP) is 4.94. The van der Waals surface area contributed by atoms with Gasteiger partial charge in [-0.1, -0.05) is 34.8 Å². The highest BCUT2D eigenvalue weighted by Gasteiger charge is 2.47. The third kappa shape index (κ3) is 4.59. The Bertz CT molecular complexity index is 1320. The van der Waals surface area contributed by atoms with Gasteiger partial charge in [0.05, 0.1) is 15.7 Å². The van der Waals surface area contributed by atoms with Crippen molar-refractivity contribution in [2.75, 3.05) is 5.32 Å². The smallest absolute Gasteiger partial charge is 0.395 e. The van der Waals surface area contributed by atoms with Gasteiger partial charge in [0.25, 0.3) is 11.8 Å². The number of amides is 2. The first-order valence-electron chi connectivity index (χ1n) is 9.58. The van der Waals surface area contributed by atoms with Crippen LogP contribution in [0.4, 0.5) is 14.5 Å². The third-order valence-corrected chi connectivity index (χ3v) is 5.16. The van der Waals surface area contributed by atoms with Crippen molar-refractivity contribution in [3.63, 3.8) is 0 Å². The number of carbonyl (C=O) groups excluding carboxylic acids is 2. The molecule has 0 aliphatic carbocycles. The van der Waals surface area contributed by atoms with Crippen molar-refractivity contribution in [3.8, 4) is 17.3 Å². The molecule has 1 aliphatic heterocycles. The number of nitrogens with zero attached hydrogens (tertiary/aromatic N) is 3. The number of hydrogen-bond acceptors (Lipinski definition) is 6. The Balaban J connectivity index is 1.80. The summed E-state index contributed by atoms with van der Waals surface area (Å²) in [7, 11) is 0. The molecule has 0 spiro atoms. The van der Waals surface area contributed by atoms with E-state index in [9.17, 15) is 18.4 Å². The zero-order valence-corrected chi connectivity index (χ0v) is 19.6. The van der Waals surface area contributed by atoms with Crippen molar-refractivity contribution in [1.29, 1.82) is 0 Å². The van der Waals surface area contributed by atoms with Gasteiger partial charge in [0.1, 0.15) is 11.3 Å². The molecule has 3 heterocycles. The van der Waals surface area contributed by atoms with E-state index in [1.807, 2.05) is 0 Å². The molecule has 0 atom stereocenters. The lowest BCUT2D eigenvalue weighted by Crippen LogP contribution is -2.32. The SMILES string of the molecule is CC(C)NC(=O)c1c(NC(=O)c2cc(Cl)nn2-c2ncccc2Cl)c(Cl)cc2c1OC(F)(F)O2. The van der Waals surface area contributed by atoms with Gasteiger partial charge < -0.3 is 20.1 Å². The van der Waals surface area contributed by atoms with Gasteiger partial charge in [-0.3, -0.25) is 9.59 Å². The summed E-state index contributed by atoms with van der Waals surface area (Å²) in [4.78, 5) is 30.2. The minimum Gasteiger partial charge on any atom is -0.395 e. The Labute approximate surface area is 205 Å². The molecule has 34 heavy (non-hydrogen) atoms. The van der Waals surface area contributed by atoms with Gasteiger partial charge in [-0.05, 0) is 26.0 Å². The first-order chi connectivity index (χ1) is 16.0. The van der Waals surface area contributed by atoms with Crippen molar-refractivity contribution in [2.24, 2.45) is 0 Å². The molecular formula is C20H14Cl3F2N5O4. The number of halogens is 5. The lowest BCUT2D eigenvalue weighted by molar-refractivity contribution is -0.286. The second kappa shape index (κ2) is 8.90. The number of hydrogen-bond donors (Lipinski definition) is 2. The van der Waals surface area contributed by atoms with Crippen LogP contribution in [-0.2, 0) is 0 Å². The summed E-state index contributed by atoms with van der Waals surface area (Å²) in [5.41, 5.74) is -0.865. The molecule has 0 saturated carbocycles. The van der Waals surface area contributed by atoms with Crippen LogP contribution in [0.5, 0.6) is 11.5 Å². The molecule has 178 valence electrons. The minimum atomic E-state index is -4.02. The van der Waals surface area contributed by atoms with Crippen molar-refractivity contribution in [2.45, 2.75) is 26.2 Å². The normalized spacial score (nSPS) is 13.8. The second-order valence-corrected chi connectivity index (χ2v) is 8.46. The van der Waals surface area contributed by atoms with E-state index in [-0.39, 0.29) is 38.4 Å². The maximum absolute atomic E-state index is 13.8. The number of rotatable bonds is 5. The average Bonchev–Trinajstić information content (AvgIpc) is 3.26. The molecule has 2 N–H and O–H groups in total. The monoisotopic (exact) mass is 531 g/mol. The summed E-state index contributed by atoms with van der Waals surface area (Å²) in [6.07, 6.45) is -2.59. The predicted molar refractivity (Wildman–Crippen MR) is 120 cm³/mol. The van der Waals surface area contributed by atoms with Gasteiger partial charge >= 0.3 is 6.29 Å². The first-order valence-corrected chi connectivity index (χ1v) is 10.7. The van der Waals surface area contributed by atoms with Crippen LogP contribution in [0.2, 0.25) is 15.2 Å². The van der Waals surface area contributed by atoms with Gasteiger partial charge in [0, 0.05) is 24.4 Å². The van der Waals surface area contributed by atoms with Gasteiger partial charge in [-0.15, -0.1) is 8.78 Å². The van der Waals surface area contributed by atoms with Crippen molar-refractivity contribution < 1.29 is 27.8 Å². The molecule has 0 saturated heterocycles. The number of carbonyl (C=O) groups is 2. The molecule has 4 rings (SSSR count). The number of anilines is 1. The molecule has 3 aromatic rings. The van der Waals surface area contributed by atoms with Gasteiger partial charge in [0.2, 0.25) is 0 Å². The number of fused-ring (bicyclic) bond motifs is 1. The number of ether oxygens (including phenoxy) is 2. The van der Waals surface area contributed by atoms with E-state index < -0.39 is 35.2 Å². The van der Waals surface area contributed by atoms with Crippen LogP contribution < -0.4 is 20.1 Å². The Hall–Kier alpha value is -3.15. The molecule has 1 aliphatic rings. The lowest BCUT2D eigenvalue weighted by Gasteiger charge is -2.16. The fourth-order valence-corrected chi connectivity index (χ4v) is 3.73. The molecular weight excluding hydrogens is 519 g/mol. The topological polar surface area (TPSA) is 107 Å². The molecule has 14 heteroatoms. The Morgan fingerprint density at radius 3 is 2.53 bits per heavy atom. The van der Waals surface area contributed by atoms with Gasteiger partial charge in [-0.2, -0.15) is 5.10 Å². The molecule has 0 unspecified atom stereocenters. The molecule has 0 fully saturated rings. The van der Waals surface area contributed by atoms with E-state index in [0.29, 0.717) is 0 Å². The summed E-state index contributed by atoms with van der Waals surface area (Å²) < 4.78 is 37.6. The minimum absolute atomic E-state index is 0.0546. The van der Waals surface area contributed by atoms with E-state index in [1.54, 1.807) is 19.9 Å². The van der Waals surface area contributed by atoms with E-state index >= 15 is 0 Å². The molecule has 9 nitrogen and oxygen atoms in total. The highest BCUT2D eigenvalue weighted by atomic mass is 35.5. The average molecular weight is 533 g/mol. The molecule has 0 bridgehead atoms. The van der Waals surface area contributed by atoms with Crippen molar-refractivity contribution in [3.05, 3.63) is 56.9 Å². The lowest BCUT2D eigenvalue weighted by atomic mass is 10.1. The fraction of sp³-hybridized carbons (Fsp3) is 0.200. The molecule has 1 aromatic carbocycles. The van der Waals surface area contributed by atoms with Crippen LogP contribution >= 0.6 is 34.8 Å². The maximum Gasteiger partial charge on any atom is 0.586 e. The Kier molecular flexibility index (Phi) is 6.28. The summed E-state index contributed by atoms with van der Waals surface area (Å²) >= 11 is 18.4. The summed E-state index contributed by atoms with van der Waals surface area (Å²) in [5.74, 6) is -2.61. The van der Waals surface area contributed by atoms with Crippen LogP contribution in [0.15, 0.2) is 30.5 Å². The number of nitrogens with one attached hydrogen (secondary N) is 2. The van der Waals surface area contributed by atoms with Crippen molar-refractivity contribution >= 4 is 52.3 Å². The third-order valence-electron chi connectivity index (χ3n) is 4.38. The van der Waals surface area contributed by atoms with Crippen LogP contribution in [0.25, 0.3) is 5.82 Å². The van der Waals surface area contributed by atoms with Crippen LogP contribution in [0.1, 0.15) is 34.7 Å². The molecule has 2 aromatic heterocycles. The van der Waals surface area contributed by atoms with E-state index in [4.69, 9.17) is 34.8 Å². The summed E-state index contributed by atoms with van der Waals surface area (Å²) in [5, 5.41) is 8.88. The summed E-state index contributed by atoms with van der Waals surface area (Å²) in [6.45, 7) is 3.31. The zero-order valence-electron chi connectivity index (χ0n) is 17.3. The molecule has 2 amide bonds. The van der Waals surface area contributed by atoms with Crippen molar-refractivity contribution in [1.82, 2.24) is 20.1 Å². The van der Waals surface area contributed by atoms with Crippen LogP contribution in [0.3, 0.4) is 0 Å². The van der Waals surface area contributed by atoms with Gasteiger partial charge in [-0.25, -0.2) is 9.67 Å². The fourth-order valence-electron chi connectivity index (χ4n) is 3.11. The zero-order chi connectivity index (χ0) is 24.8. The van der Waals surface area contributed by atoms with E-state index in [2.05, 4.69) is 30.2 Å². The van der Waals surface area contributed by atoms with E-state index in [1.165, 1.54) is 18.3 Å². The second-order valence-electron chi connectivity index (χ2n) is 7.26. The number of pyridine rings is 1.